The van der Waals surface area contributed by atoms with Gasteiger partial charge in [-0.05, 0) is 36.4 Å². The van der Waals surface area contributed by atoms with E-state index < -0.39 is 5.76 Å². The Bertz CT molecular complexity index is 662. The number of thioether (sulfide) groups is 1. The molecule has 136 valence electrons. The molecule has 8 heteroatoms. The summed E-state index contributed by atoms with van der Waals surface area (Å²) in [5, 5.41) is 5.92. The molecule has 0 aliphatic carbocycles. The third-order valence-corrected chi connectivity index (χ3v) is 4.01. The van der Waals surface area contributed by atoms with Gasteiger partial charge in [-0.1, -0.05) is 11.8 Å². The second-order valence-corrected chi connectivity index (χ2v) is 6.08. The zero-order chi connectivity index (χ0) is 18.1. The van der Waals surface area contributed by atoms with Gasteiger partial charge in [0.1, 0.15) is 17.3 Å². The van der Waals surface area contributed by atoms with E-state index in [0.717, 1.165) is 0 Å². The molecule has 0 unspecified atom stereocenters. The summed E-state index contributed by atoms with van der Waals surface area (Å²) in [5.74, 6) is -0.519. The van der Waals surface area contributed by atoms with E-state index in [2.05, 4.69) is 10.6 Å². The molecule has 0 spiro atoms. The molecule has 0 aliphatic heterocycles. The van der Waals surface area contributed by atoms with Crippen molar-refractivity contribution in [2.45, 2.75) is 18.1 Å². The van der Waals surface area contributed by atoms with Crippen molar-refractivity contribution in [3.63, 3.8) is 0 Å². The number of amides is 1. The molecule has 5 nitrogen and oxygen atoms in total. The fourth-order valence-corrected chi connectivity index (χ4v) is 2.51. The molecule has 0 fully saturated rings. The zero-order valence-corrected chi connectivity index (χ0v) is 14.6. The number of methoxy groups -OCH3 is 1. The molecular formula is C17H20F2N2O3S. The van der Waals surface area contributed by atoms with Gasteiger partial charge in [0.2, 0.25) is 0 Å². The Morgan fingerprint density at radius 3 is 2.56 bits per heavy atom. The highest BCUT2D eigenvalue weighted by molar-refractivity contribution is 7.98. The highest BCUT2D eigenvalue weighted by Gasteiger charge is 2.07. The van der Waals surface area contributed by atoms with Gasteiger partial charge < -0.3 is 19.8 Å². The molecule has 0 saturated heterocycles. The normalized spacial score (nSPS) is 10.9. The standard InChI is InChI=1S/C17H20F2N2O3S/c1-23-13-4-2-12(3-5-13)16(22)21-9-8-20-10-14-6-7-15(24-14)11-25-17(18)19/h2-7,17,20H,8-11H2,1H3,(H,21,22). The second-order valence-electron chi connectivity index (χ2n) is 5.10. The molecule has 1 aromatic carbocycles. The van der Waals surface area contributed by atoms with Crippen LogP contribution in [0.2, 0.25) is 0 Å². The Morgan fingerprint density at radius 1 is 1.16 bits per heavy atom. The summed E-state index contributed by atoms with van der Waals surface area (Å²) in [6.07, 6.45) is 0. The Hall–Kier alpha value is -2.06. The van der Waals surface area contributed by atoms with Crippen LogP contribution in [0.4, 0.5) is 8.78 Å². The Kier molecular flexibility index (Phi) is 7.75. The van der Waals surface area contributed by atoms with Crippen LogP contribution in [0.5, 0.6) is 5.75 Å². The van der Waals surface area contributed by atoms with Crippen molar-refractivity contribution in [1.29, 1.82) is 0 Å². The number of benzene rings is 1. The van der Waals surface area contributed by atoms with Gasteiger partial charge in [0.25, 0.3) is 11.7 Å². The topological polar surface area (TPSA) is 63.5 Å². The second kappa shape index (κ2) is 10.0. The third-order valence-electron chi connectivity index (χ3n) is 3.31. The maximum absolute atomic E-state index is 12.1. The van der Waals surface area contributed by atoms with Gasteiger partial charge in [0.15, 0.2) is 0 Å². The molecule has 2 rings (SSSR count). The molecule has 25 heavy (non-hydrogen) atoms. The SMILES string of the molecule is COc1ccc(C(=O)NCCNCc2ccc(CSC(F)F)o2)cc1. The number of furan rings is 1. The van der Waals surface area contributed by atoms with E-state index in [9.17, 15) is 13.6 Å². The Morgan fingerprint density at radius 2 is 1.88 bits per heavy atom. The molecule has 0 bridgehead atoms. The number of hydrogen-bond donors (Lipinski definition) is 2. The third kappa shape index (κ3) is 6.75. The van der Waals surface area contributed by atoms with Gasteiger partial charge in [0, 0.05) is 18.7 Å². The Labute approximate surface area is 149 Å². The van der Waals surface area contributed by atoms with Crippen molar-refractivity contribution in [2.24, 2.45) is 0 Å². The van der Waals surface area contributed by atoms with Crippen LogP contribution in [-0.4, -0.2) is 31.9 Å². The van der Waals surface area contributed by atoms with Crippen molar-refractivity contribution < 1.29 is 22.7 Å². The molecule has 2 N–H and O–H groups in total. The first-order valence-corrected chi connectivity index (χ1v) is 8.73. The van der Waals surface area contributed by atoms with E-state index in [-0.39, 0.29) is 11.7 Å². The number of carbonyl (C=O) groups is 1. The number of halogens is 2. The smallest absolute Gasteiger partial charge is 0.284 e. The van der Waals surface area contributed by atoms with E-state index in [0.29, 0.717) is 54.2 Å². The average Bonchev–Trinajstić information content (AvgIpc) is 3.07. The van der Waals surface area contributed by atoms with Crippen LogP contribution in [0.3, 0.4) is 0 Å². The van der Waals surface area contributed by atoms with Gasteiger partial charge in [0.05, 0.1) is 19.4 Å². The first-order chi connectivity index (χ1) is 12.1. The number of alkyl halides is 2. The van der Waals surface area contributed by atoms with Crippen molar-refractivity contribution in [2.75, 3.05) is 20.2 Å². The number of hydrogen-bond acceptors (Lipinski definition) is 5. The summed E-state index contributed by atoms with van der Waals surface area (Å²) in [6.45, 7) is 1.49. The number of ether oxygens (including phenoxy) is 1. The van der Waals surface area contributed by atoms with Crippen molar-refractivity contribution in [3.05, 3.63) is 53.5 Å². The predicted molar refractivity (Wildman–Crippen MR) is 93.0 cm³/mol. The molecule has 1 amide bonds. The molecule has 1 heterocycles. The number of carbonyl (C=O) groups excluding carboxylic acids is 1. The van der Waals surface area contributed by atoms with E-state index >= 15 is 0 Å². The van der Waals surface area contributed by atoms with Gasteiger partial charge in [-0.15, -0.1) is 0 Å². The van der Waals surface area contributed by atoms with Crippen LogP contribution in [0.15, 0.2) is 40.8 Å². The highest BCUT2D eigenvalue weighted by atomic mass is 32.2. The van der Waals surface area contributed by atoms with Crippen LogP contribution in [-0.2, 0) is 12.3 Å². The van der Waals surface area contributed by atoms with Crippen LogP contribution >= 0.6 is 11.8 Å². The first kappa shape index (κ1) is 19.3. The van der Waals surface area contributed by atoms with E-state index in [1.54, 1.807) is 43.5 Å². The van der Waals surface area contributed by atoms with Crippen molar-refractivity contribution in [3.8, 4) is 5.75 Å². The van der Waals surface area contributed by atoms with Crippen molar-refractivity contribution in [1.82, 2.24) is 10.6 Å². The number of nitrogens with one attached hydrogen (secondary N) is 2. The predicted octanol–water partition coefficient (Wildman–Crippen LogP) is 3.26. The lowest BCUT2D eigenvalue weighted by Crippen LogP contribution is -2.31. The van der Waals surface area contributed by atoms with E-state index in [1.165, 1.54) is 0 Å². The zero-order valence-electron chi connectivity index (χ0n) is 13.8. The summed E-state index contributed by atoms with van der Waals surface area (Å²) in [4.78, 5) is 11.9. The first-order valence-electron chi connectivity index (χ1n) is 7.69. The average molecular weight is 370 g/mol. The summed E-state index contributed by atoms with van der Waals surface area (Å²) in [5.41, 5.74) is 0.563. The summed E-state index contributed by atoms with van der Waals surface area (Å²) in [6, 6.07) is 10.3. The minimum Gasteiger partial charge on any atom is -0.497 e. The fourth-order valence-electron chi connectivity index (χ4n) is 2.06. The van der Waals surface area contributed by atoms with Gasteiger partial charge >= 0.3 is 0 Å². The van der Waals surface area contributed by atoms with Crippen molar-refractivity contribution >= 4 is 17.7 Å². The fraction of sp³-hybridized carbons (Fsp3) is 0.353. The van der Waals surface area contributed by atoms with Crippen LogP contribution in [0.25, 0.3) is 0 Å². The largest absolute Gasteiger partial charge is 0.497 e. The molecule has 0 saturated carbocycles. The van der Waals surface area contributed by atoms with Crippen LogP contribution in [0.1, 0.15) is 21.9 Å². The lowest BCUT2D eigenvalue weighted by atomic mass is 10.2. The molecule has 2 aromatic rings. The van der Waals surface area contributed by atoms with E-state index in [4.69, 9.17) is 9.15 Å². The van der Waals surface area contributed by atoms with E-state index in [1.807, 2.05) is 0 Å². The molecule has 0 aliphatic rings. The number of rotatable bonds is 10. The van der Waals surface area contributed by atoms with Crippen LogP contribution < -0.4 is 15.4 Å². The minimum atomic E-state index is -2.40. The molecule has 0 atom stereocenters. The summed E-state index contributed by atoms with van der Waals surface area (Å²) >= 11 is 0.530. The Balaban J connectivity index is 1.63. The monoisotopic (exact) mass is 370 g/mol. The maximum Gasteiger partial charge on any atom is 0.284 e. The van der Waals surface area contributed by atoms with Crippen LogP contribution in [0, 0.1) is 0 Å². The molecule has 1 aromatic heterocycles. The quantitative estimate of drug-likeness (QED) is 0.629. The lowest BCUT2D eigenvalue weighted by molar-refractivity contribution is 0.0954. The van der Waals surface area contributed by atoms with Gasteiger partial charge in [-0.2, -0.15) is 8.78 Å². The highest BCUT2D eigenvalue weighted by Crippen LogP contribution is 2.21. The molecule has 0 radical (unpaired) electrons. The minimum absolute atomic E-state index is 0.148. The van der Waals surface area contributed by atoms with Gasteiger partial charge in [-0.3, -0.25) is 4.79 Å². The molecular weight excluding hydrogens is 350 g/mol. The lowest BCUT2D eigenvalue weighted by Gasteiger charge is -2.07. The summed E-state index contributed by atoms with van der Waals surface area (Å²) < 4.78 is 34.7. The van der Waals surface area contributed by atoms with Gasteiger partial charge in [-0.25, -0.2) is 0 Å². The maximum atomic E-state index is 12.1. The summed E-state index contributed by atoms with van der Waals surface area (Å²) in [7, 11) is 1.57.